The number of aliphatic hydroxyl groups excluding tert-OH is 2. The third kappa shape index (κ3) is 8.02. The molecule has 1 saturated heterocycles. The average Bonchev–Trinajstić information content (AvgIpc) is 3.09. The van der Waals surface area contributed by atoms with Gasteiger partial charge in [-0.05, 0) is 25.8 Å². The topological polar surface area (TPSA) is 100 Å². The summed E-state index contributed by atoms with van der Waals surface area (Å²) in [5, 5.41) is 24.8. The van der Waals surface area contributed by atoms with Gasteiger partial charge < -0.3 is 24.6 Å². The van der Waals surface area contributed by atoms with Gasteiger partial charge in [-0.1, -0.05) is 0 Å². The van der Waals surface area contributed by atoms with E-state index in [1.807, 2.05) is 19.4 Å². The van der Waals surface area contributed by atoms with Gasteiger partial charge in [-0.2, -0.15) is 5.10 Å². The number of amides is 1. The molecule has 9 heteroatoms. The van der Waals surface area contributed by atoms with Crippen LogP contribution in [0.25, 0.3) is 0 Å². The zero-order valence-electron chi connectivity index (χ0n) is 17.9. The molecule has 1 aliphatic rings. The fourth-order valence-corrected chi connectivity index (χ4v) is 3.57. The van der Waals surface area contributed by atoms with Crippen molar-refractivity contribution in [2.45, 2.75) is 51.0 Å². The molecule has 29 heavy (non-hydrogen) atoms. The minimum absolute atomic E-state index is 0.0422. The molecule has 1 aromatic rings. The van der Waals surface area contributed by atoms with Crippen LogP contribution in [0.3, 0.4) is 0 Å². The van der Waals surface area contributed by atoms with E-state index in [0.717, 1.165) is 44.5 Å². The number of rotatable bonds is 3. The van der Waals surface area contributed by atoms with Crippen LogP contribution in [0, 0.1) is 0 Å². The highest BCUT2D eigenvalue weighted by molar-refractivity contribution is 5.73. The number of aromatic nitrogens is 2. The van der Waals surface area contributed by atoms with Gasteiger partial charge in [0.05, 0.1) is 12.8 Å². The van der Waals surface area contributed by atoms with Crippen molar-refractivity contribution in [3.05, 3.63) is 18.0 Å². The molecule has 3 atom stereocenters. The molecule has 2 N–H and O–H groups in total. The van der Waals surface area contributed by atoms with E-state index >= 15 is 0 Å². The number of hydrogen-bond acceptors (Lipinski definition) is 7. The standard InChI is InChI=1S/C20H36N4O5/c1-16(25)24-9-6-8-23(13-17-11-21-22(2)12-17)7-4-5-10-29-15-18(26)20(27)19(14-24)28-3/h11-12,18-20,26-27H,4-10,13-15H2,1-3H3/t18-,19-,20-/m0/s1. The van der Waals surface area contributed by atoms with E-state index in [1.54, 1.807) is 9.58 Å². The van der Waals surface area contributed by atoms with Crippen LogP contribution < -0.4 is 0 Å². The number of aryl methyl sites for hydroxylation is 1. The Bertz CT molecular complexity index is 611. The second-order valence-corrected chi connectivity index (χ2v) is 7.73. The molecule has 1 aliphatic heterocycles. The normalized spacial score (nSPS) is 26.7. The van der Waals surface area contributed by atoms with Gasteiger partial charge in [-0.25, -0.2) is 0 Å². The number of ether oxygens (including phenoxy) is 2. The van der Waals surface area contributed by atoms with Crippen LogP contribution in [-0.4, -0.2) is 101 Å². The van der Waals surface area contributed by atoms with Crippen LogP contribution in [0.1, 0.15) is 31.7 Å². The first kappa shape index (κ1) is 23.8. The molecule has 1 fully saturated rings. The van der Waals surface area contributed by atoms with Crippen molar-refractivity contribution in [2.75, 3.05) is 46.5 Å². The summed E-state index contributed by atoms with van der Waals surface area (Å²) in [4.78, 5) is 16.1. The maximum Gasteiger partial charge on any atom is 0.219 e. The lowest BCUT2D eigenvalue weighted by Crippen LogP contribution is -2.48. The number of hydrogen-bond donors (Lipinski definition) is 2. The van der Waals surface area contributed by atoms with Gasteiger partial charge in [-0.15, -0.1) is 0 Å². The Hall–Kier alpha value is -1.52. The van der Waals surface area contributed by atoms with E-state index in [9.17, 15) is 15.0 Å². The summed E-state index contributed by atoms with van der Waals surface area (Å²) in [5.41, 5.74) is 1.16. The lowest BCUT2D eigenvalue weighted by molar-refractivity contribution is -0.136. The van der Waals surface area contributed by atoms with Crippen LogP contribution >= 0.6 is 0 Å². The van der Waals surface area contributed by atoms with Crippen molar-refractivity contribution < 1.29 is 24.5 Å². The predicted molar refractivity (Wildman–Crippen MR) is 108 cm³/mol. The van der Waals surface area contributed by atoms with E-state index in [-0.39, 0.29) is 19.1 Å². The molecule has 1 amide bonds. The molecule has 0 saturated carbocycles. The van der Waals surface area contributed by atoms with E-state index in [4.69, 9.17) is 9.47 Å². The molecule has 0 aliphatic carbocycles. The summed E-state index contributed by atoms with van der Waals surface area (Å²) in [5.74, 6) is -0.0758. The van der Waals surface area contributed by atoms with E-state index in [2.05, 4.69) is 10.00 Å². The highest BCUT2D eigenvalue weighted by atomic mass is 16.5. The molecule has 0 bridgehead atoms. The highest BCUT2D eigenvalue weighted by Crippen LogP contribution is 2.11. The fourth-order valence-electron chi connectivity index (χ4n) is 3.57. The smallest absolute Gasteiger partial charge is 0.219 e. The van der Waals surface area contributed by atoms with E-state index in [0.29, 0.717) is 13.2 Å². The van der Waals surface area contributed by atoms with Gasteiger partial charge in [0.2, 0.25) is 5.91 Å². The zero-order chi connectivity index (χ0) is 21.2. The Morgan fingerprint density at radius 2 is 2.03 bits per heavy atom. The van der Waals surface area contributed by atoms with Gasteiger partial charge in [0.25, 0.3) is 0 Å². The van der Waals surface area contributed by atoms with Crippen molar-refractivity contribution in [1.29, 1.82) is 0 Å². The molecule has 0 aromatic carbocycles. The van der Waals surface area contributed by atoms with Crippen molar-refractivity contribution in [3.63, 3.8) is 0 Å². The van der Waals surface area contributed by atoms with Crippen LogP contribution in [0.15, 0.2) is 12.4 Å². The molecule has 166 valence electrons. The van der Waals surface area contributed by atoms with Gasteiger partial charge in [0.15, 0.2) is 0 Å². The van der Waals surface area contributed by atoms with Crippen molar-refractivity contribution in [2.24, 2.45) is 7.05 Å². The Labute approximate surface area is 173 Å². The quantitative estimate of drug-likeness (QED) is 0.721. The summed E-state index contributed by atoms with van der Waals surface area (Å²) in [6, 6.07) is 0. The second-order valence-electron chi connectivity index (χ2n) is 7.73. The van der Waals surface area contributed by atoms with Gasteiger partial charge in [-0.3, -0.25) is 14.4 Å². The summed E-state index contributed by atoms with van der Waals surface area (Å²) in [6.07, 6.45) is 3.71. The maximum atomic E-state index is 12.1. The number of nitrogens with zero attached hydrogens (tertiary/aromatic N) is 4. The third-order valence-electron chi connectivity index (χ3n) is 5.29. The molecule has 9 nitrogen and oxygen atoms in total. The summed E-state index contributed by atoms with van der Waals surface area (Å²) >= 11 is 0. The lowest BCUT2D eigenvalue weighted by Gasteiger charge is -2.31. The van der Waals surface area contributed by atoms with Crippen molar-refractivity contribution in [3.8, 4) is 0 Å². The Morgan fingerprint density at radius 1 is 1.28 bits per heavy atom. The number of carbonyl (C=O) groups excluding carboxylic acids is 1. The maximum absolute atomic E-state index is 12.1. The lowest BCUT2D eigenvalue weighted by atomic mass is 10.1. The molecular formula is C20H36N4O5. The fraction of sp³-hybridized carbons (Fsp3) is 0.800. The van der Waals surface area contributed by atoms with Gasteiger partial charge >= 0.3 is 0 Å². The second kappa shape index (κ2) is 12.2. The third-order valence-corrected chi connectivity index (χ3v) is 5.29. The Kier molecular flexibility index (Phi) is 10.0. The van der Waals surface area contributed by atoms with Crippen LogP contribution in [0.5, 0.6) is 0 Å². The molecule has 0 radical (unpaired) electrons. The summed E-state index contributed by atoms with van der Waals surface area (Å²) < 4.78 is 12.7. The minimum Gasteiger partial charge on any atom is -0.388 e. The van der Waals surface area contributed by atoms with Crippen LogP contribution in [0.4, 0.5) is 0 Å². The monoisotopic (exact) mass is 412 g/mol. The van der Waals surface area contributed by atoms with E-state index < -0.39 is 18.3 Å². The van der Waals surface area contributed by atoms with E-state index in [1.165, 1.54) is 14.0 Å². The number of carbonyl (C=O) groups is 1. The first-order chi connectivity index (χ1) is 13.9. The molecule has 1 aromatic heterocycles. The van der Waals surface area contributed by atoms with Crippen molar-refractivity contribution in [1.82, 2.24) is 19.6 Å². The van der Waals surface area contributed by atoms with Gasteiger partial charge in [0, 0.05) is 65.6 Å². The van der Waals surface area contributed by atoms with Gasteiger partial charge in [0.1, 0.15) is 18.3 Å². The van der Waals surface area contributed by atoms with Crippen LogP contribution in [-0.2, 0) is 27.9 Å². The first-order valence-corrected chi connectivity index (χ1v) is 10.3. The van der Waals surface area contributed by atoms with Crippen molar-refractivity contribution >= 4 is 5.91 Å². The highest BCUT2D eigenvalue weighted by Gasteiger charge is 2.29. The first-order valence-electron chi connectivity index (χ1n) is 10.3. The molecule has 0 unspecified atom stereocenters. The van der Waals surface area contributed by atoms with Crippen LogP contribution in [0.2, 0.25) is 0 Å². The number of methoxy groups -OCH3 is 1. The zero-order valence-corrected chi connectivity index (χ0v) is 17.9. The largest absolute Gasteiger partial charge is 0.388 e. The number of aliphatic hydroxyl groups is 2. The Balaban J connectivity index is 2.04. The SMILES string of the molecule is CO[C@H]1CN(C(C)=O)CCCN(Cc2cnn(C)c2)CCCCOC[C@H](O)[C@@H]1O. The molecule has 2 heterocycles. The Morgan fingerprint density at radius 3 is 2.69 bits per heavy atom. The summed E-state index contributed by atoms with van der Waals surface area (Å²) in [7, 11) is 3.38. The average molecular weight is 413 g/mol. The predicted octanol–water partition coefficient (Wildman–Crippen LogP) is 0.00790. The molecule has 0 spiro atoms. The molecular weight excluding hydrogens is 376 g/mol. The molecule has 2 rings (SSSR count). The summed E-state index contributed by atoms with van der Waals surface area (Å²) in [6.45, 7) is 5.46. The minimum atomic E-state index is -1.12.